The number of carbonyl (C=O) groups excluding carboxylic acids is 2. The van der Waals surface area contributed by atoms with Crippen molar-refractivity contribution in [3.05, 3.63) is 59.3 Å². The molecule has 196 valence electrons. The van der Waals surface area contributed by atoms with E-state index in [0.29, 0.717) is 34.7 Å². The van der Waals surface area contributed by atoms with Crippen LogP contribution < -0.4 is 26.4 Å². The predicted molar refractivity (Wildman–Crippen MR) is 138 cm³/mol. The monoisotopic (exact) mass is 532 g/mol. The van der Waals surface area contributed by atoms with Crippen LogP contribution in [0.15, 0.2) is 36.4 Å². The van der Waals surface area contributed by atoms with Crippen LogP contribution in [0.5, 0.6) is 5.75 Å². The number of nitrogens with one attached hydrogen (secondary N) is 1. The second-order valence-corrected chi connectivity index (χ2v) is 8.56. The molecule has 37 heavy (non-hydrogen) atoms. The molecular formula is C25H27ClF2N6O3. The molecule has 0 saturated heterocycles. The van der Waals surface area contributed by atoms with E-state index >= 15 is 0 Å². The second kappa shape index (κ2) is 10.6. The molecule has 1 atom stereocenters. The lowest BCUT2D eigenvalue weighted by Gasteiger charge is -2.41. The lowest BCUT2D eigenvalue weighted by molar-refractivity contribution is -0.135. The summed E-state index contributed by atoms with van der Waals surface area (Å²) in [6.45, 7) is 4.94. The van der Waals surface area contributed by atoms with Crippen molar-refractivity contribution in [1.29, 1.82) is 0 Å². The molecule has 0 bridgehead atoms. The van der Waals surface area contributed by atoms with Crippen LogP contribution in [-0.4, -0.2) is 34.9 Å². The third kappa shape index (κ3) is 5.26. The largest absolute Gasteiger partial charge is 0.471 e. The molecule has 1 unspecified atom stereocenters. The average Bonchev–Trinajstić information content (AvgIpc) is 2.80. The SMILES string of the molecule is CCc1nc(N)nc(N)c1-c1ccc2c(c1)N(CCNC(C)=O)C(=O)C(C)(c1cc(F)cc(F)c1)O2.Cl. The predicted octanol–water partition coefficient (Wildman–Crippen LogP) is 3.35. The van der Waals surface area contributed by atoms with Gasteiger partial charge in [-0.3, -0.25) is 9.59 Å². The van der Waals surface area contributed by atoms with Crippen molar-refractivity contribution >= 4 is 41.7 Å². The molecule has 12 heteroatoms. The number of rotatable bonds is 6. The Morgan fingerprint density at radius 3 is 2.43 bits per heavy atom. The van der Waals surface area contributed by atoms with E-state index in [9.17, 15) is 18.4 Å². The van der Waals surface area contributed by atoms with Crippen LogP contribution in [0, 0.1) is 11.6 Å². The van der Waals surface area contributed by atoms with Crippen LogP contribution >= 0.6 is 12.4 Å². The van der Waals surface area contributed by atoms with E-state index in [4.69, 9.17) is 16.2 Å². The maximum absolute atomic E-state index is 14.0. The van der Waals surface area contributed by atoms with Gasteiger partial charge in [0.25, 0.3) is 5.91 Å². The van der Waals surface area contributed by atoms with Crippen LogP contribution in [0.1, 0.15) is 32.0 Å². The number of carbonyl (C=O) groups is 2. The summed E-state index contributed by atoms with van der Waals surface area (Å²) in [4.78, 5) is 35.0. The van der Waals surface area contributed by atoms with E-state index in [1.165, 1.54) is 18.7 Å². The number of ether oxygens (including phenoxy) is 1. The number of nitrogens with two attached hydrogens (primary N) is 2. The number of halogens is 3. The van der Waals surface area contributed by atoms with Gasteiger partial charge in [-0.2, -0.15) is 4.98 Å². The topological polar surface area (TPSA) is 136 Å². The second-order valence-electron chi connectivity index (χ2n) is 8.56. The van der Waals surface area contributed by atoms with Crippen molar-refractivity contribution in [2.45, 2.75) is 32.8 Å². The van der Waals surface area contributed by atoms with Gasteiger partial charge in [0.05, 0.1) is 11.4 Å². The van der Waals surface area contributed by atoms with Gasteiger partial charge in [-0.05, 0) is 43.2 Å². The Hall–Kier alpha value is -3.99. The number of amides is 2. The Kier molecular flexibility index (Phi) is 7.87. The molecule has 2 aromatic carbocycles. The van der Waals surface area contributed by atoms with E-state index in [1.807, 2.05) is 6.92 Å². The van der Waals surface area contributed by atoms with Crippen LogP contribution in [0.2, 0.25) is 0 Å². The summed E-state index contributed by atoms with van der Waals surface area (Å²) in [6.07, 6.45) is 0.536. The van der Waals surface area contributed by atoms with Gasteiger partial charge in [0.15, 0.2) is 0 Å². The minimum Gasteiger partial charge on any atom is -0.471 e. The Morgan fingerprint density at radius 2 is 1.81 bits per heavy atom. The molecule has 1 aliphatic rings. The van der Waals surface area contributed by atoms with Crippen LogP contribution in [0.25, 0.3) is 11.1 Å². The lowest BCUT2D eigenvalue weighted by atomic mass is 9.91. The number of fused-ring (bicyclic) bond motifs is 1. The molecule has 0 radical (unpaired) electrons. The molecule has 0 spiro atoms. The number of hydrogen-bond acceptors (Lipinski definition) is 7. The van der Waals surface area contributed by atoms with Crippen LogP contribution in [-0.2, 0) is 21.6 Å². The van der Waals surface area contributed by atoms with Gasteiger partial charge in [-0.1, -0.05) is 13.0 Å². The van der Waals surface area contributed by atoms with Gasteiger partial charge in [-0.25, -0.2) is 13.8 Å². The smallest absolute Gasteiger partial charge is 0.275 e. The van der Waals surface area contributed by atoms with E-state index in [2.05, 4.69) is 15.3 Å². The molecule has 0 saturated carbocycles. The molecule has 0 aliphatic carbocycles. The minimum absolute atomic E-state index is 0. The maximum atomic E-state index is 14.0. The van der Waals surface area contributed by atoms with Crippen molar-refractivity contribution in [3.8, 4) is 16.9 Å². The quantitative estimate of drug-likeness (QED) is 0.443. The van der Waals surface area contributed by atoms with Crippen molar-refractivity contribution in [3.63, 3.8) is 0 Å². The summed E-state index contributed by atoms with van der Waals surface area (Å²) < 4.78 is 34.2. The summed E-state index contributed by atoms with van der Waals surface area (Å²) in [5.74, 6) is -1.94. The molecule has 2 heterocycles. The number of aromatic nitrogens is 2. The average molecular weight is 533 g/mol. The minimum atomic E-state index is -1.72. The summed E-state index contributed by atoms with van der Waals surface area (Å²) in [6, 6.07) is 7.93. The lowest BCUT2D eigenvalue weighted by Crippen LogP contribution is -2.54. The number of benzene rings is 2. The first kappa shape index (κ1) is 27.6. The molecule has 3 aromatic rings. The zero-order valence-corrected chi connectivity index (χ0v) is 21.3. The molecule has 0 fully saturated rings. The summed E-state index contributed by atoms with van der Waals surface area (Å²) in [5, 5.41) is 2.66. The van der Waals surface area contributed by atoms with Crippen LogP contribution in [0.3, 0.4) is 0 Å². The van der Waals surface area contributed by atoms with Gasteiger partial charge < -0.3 is 26.4 Å². The standard InChI is InChI=1S/C25H26F2N6O3.ClH/c1-4-18-21(22(28)32-24(29)31-18)14-5-6-20-19(9-14)33(8-7-30-13(2)34)23(35)25(3,36-20)15-10-16(26)12-17(27)11-15;/h5-6,9-12H,4,7-8H2,1-3H3,(H,30,34)(H4,28,29,31,32);1H. The maximum Gasteiger partial charge on any atom is 0.275 e. The van der Waals surface area contributed by atoms with Crippen molar-refractivity contribution < 1.29 is 23.1 Å². The molecular weight excluding hydrogens is 506 g/mol. The zero-order valence-electron chi connectivity index (χ0n) is 20.5. The highest BCUT2D eigenvalue weighted by Crippen LogP contribution is 2.45. The van der Waals surface area contributed by atoms with Gasteiger partial charge in [0, 0.05) is 37.2 Å². The molecule has 2 amide bonds. The van der Waals surface area contributed by atoms with Crippen molar-refractivity contribution in [2.75, 3.05) is 29.5 Å². The van der Waals surface area contributed by atoms with Gasteiger partial charge in [0.1, 0.15) is 23.2 Å². The first-order chi connectivity index (χ1) is 17.0. The number of anilines is 3. The summed E-state index contributed by atoms with van der Waals surface area (Å²) in [7, 11) is 0. The van der Waals surface area contributed by atoms with Crippen molar-refractivity contribution in [1.82, 2.24) is 15.3 Å². The van der Waals surface area contributed by atoms with Crippen LogP contribution in [0.4, 0.5) is 26.2 Å². The Labute approximate surface area is 218 Å². The summed E-state index contributed by atoms with van der Waals surface area (Å²) in [5.41, 5.74) is 12.5. The number of aryl methyl sites for hydroxylation is 1. The number of nitrogens with zero attached hydrogens (tertiary/aromatic N) is 3. The fourth-order valence-electron chi connectivity index (χ4n) is 4.29. The number of hydrogen-bond donors (Lipinski definition) is 3. The molecule has 5 N–H and O–H groups in total. The third-order valence-corrected chi connectivity index (χ3v) is 5.99. The molecule has 1 aromatic heterocycles. The first-order valence-electron chi connectivity index (χ1n) is 11.3. The molecule has 9 nitrogen and oxygen atoms in total. The highest BCUT2D eigenvalue weighted by Gasteiger charge is 2.46. The fraction of sp³-hybridized carbons (Fsp3) is 0.280. The Bertz CT molecular complexity index is 1350. The van der Waals surface area contributed by atoms with Crippen molar-refractivity contribution in [2.24, 2.45) is 0 Å². The van der Waals surface area contributed by atoms with Gasteiger partial charge in [0.2, 0.25) is 17.5 Å². The first-order valence-corrected chi connectivity index (χ1v) is 11.3. The molecule has 1 aliphatic heterocycles. The highest BCUT2D eigenvalue weighted by atomic mass is 35.5. The fourth-order valence-corrected chi connectivity index (χ4v) is 4.29. The highest BCUT2D eigenvalue weighted by molar-refractivity contribution is 6.04. The van der Waals surface area contributed by atoms with Gasteiger partial charge in [-0.15, -0.1) is 12.4 Å². The van der Waals surface area contributed by atoms with E-state index in [1.54, 1.807) is 18.2 Å². The third-order valence-electron chi connectivity index (χ3n) is 5.99. The van der Waals surface area contributed by atoms with E-state index in [0.717, 1.165) is 18.2 Å². The zero-order chi connectivity index (χ0) is 26.2. The normalized spacial score (nSPS) is 16.5. The van der Waals surface area contributed by atoms with Gasteiger partial charge >= 0.3 is 0 Å². The Balaban J connectivity index is 0.00000380. The number of nitrogen functional groups attached to an aromatic ring is 2. The Morgan fingerprint density at radius 1 is 1.14 bits per heavy atom. The molecule has 4 rings (SSSR count). The summed E-state index contributed by atoms with van der Waals surface area (Å²) >= 11 is 0. The van der Waals surface area contributed by atoms with E-state index in [-0.39, 0.29) is 48.7 Å². The van der Waals surface area contributed by atoms with E-state index < -0.39 is 23.1 Å².